The molecule has 7 aromatic rings. The summed E-state index contributed by atoms with van der Waals surface area (Å²) >= 11 is 0. The van der Waals surface area contributed by atoms with Crippen molar-refractivity contribution in [3.05, 3.63) is 175 Å². The van der Waals surface area contributed by atoms with Crippen molar-refractivity contribution in [2.24, 2.45) is 4.99 Å². The van der Waals surface area contributed by atoms with Gasteiger partial charge in [-0.05, 0) is 133 Å². The zero-order valence-electron chi connectivity index (χ0n) is 42.1. The third kappa shape index (κ3) is 9.13. The first-order valence-corrected chi connectivity index (χ1v) is 23.8. The number of benzene rings is 4. The first kappa shape index (κ1) is 47.4. The number of H-pyrrole nitrogens is 2. The van der Waals surface area contributed by atoms with Gasteiger partial charge in [-0.15, -0.1) is 0 Å². The number of aliphatic imine (C=N–C) groups is 1. The molecule has 10 nitrogen and oxygen atoms in total. The van der Waals surface area contributed by atoms with Gasteiger partial charge >= 0.3 is 0 Å². The van der Waals surface area contributed by atoms with Gasteiger partial charge in [0.05, 0.1) is 26.9 Å². The number of hydrogen-bond acceptors (Lipinski definition) is 6. The zero-order chi connectivity index (χ0) is 50.2. The van der Waals surface area contributed by atoms with Crippen LogP contribution in [0.5, 0.6) is 0 Å². The Bertz CT molecular complexity index is 3210. The average molecular weight is 929 g/mol. The van der Waals surface area contributed by atoms with Crippen molar-refractivity contribution in [2.45, 2.75) is 105 Å². The maximum absolute atomic E-state index is 11.9. The standard InChI is InChI=1S/C60H60N6O4/c1-57(2,3)40-27-37(28-41(32-40)58(4,5)6)53-39-31-52(61-34-39)56(38-29-42(59(7,8)9)33-43(30-38)60(10,11)12)51-26-25-50(64-51)55(36-15-19-45(20-16-36)66(69)70)49-24-23-48(63-49)54(47-22-21-46(53)62-47)35-13-17-44(18-14-35)65(67)68/h13-34,62,64H,1-12H3. The van der Waals surface area contributed by atoms with E-state index < -0.39 is 9.85 Å². The fraction of sp³-hybridized carbons (Fsp3) is 0.267. The van der Waals surface area contributed by atoms with Crippen molar-refractivity contribution < 1.29 is 9.85 Å². The molecule has 0 radical (unpaired) electrons. The number of nitrogens with one attached hydrogen (secondary N) is 2. The molecule has 0 amide bonds. The van der Waals surface area contributed by atoms with Crippen LogP contribution >= 0.6 is 0 Å². The van der Waals surface area contributed by atoms with E-state index in [-0.39, 0.29) is 33.0 Å². The number of fused-ring (bicyclic) bond motifs is 8. The molecule has 0 spiro atoms. The summed E-state index contributed by atoms with van der Waals surface area (Å²) < 4.78 is 0. The lowest BCUT2D eigenvalue weighted by atomic mass is 9.78. The molecule has 0 fully saturated rings. The third-order valence-corrected chi connectivity index (χ3v) is 13.4. The number of aromatic nitrogens is 3. The van der Waals surface area contributed by atoms with Gasteiger partial charge in [0.15, 0.2) is 0 Å². The Hall–Kier alpha value is -7.72. The van der Waals surface area contributed by atoms with Gasteiger partial charge in [0.1, 0.15) is 0 Å². The van der Waals surface area contributed by atoms with Gasteiger partial charge in [-0.3, -0.25) is 25.2 Å². The number of nitro groups is 2. The fourth-order valence-electron chi connectivity index (χ4n) is 9.23. The van der Waals surface area contributed by atoms with E-state index in [0.29, 0.717) is 11.4 Å². The number of nitrogens with zero attached hydrogens (tertiary/aromatic N) is 4. The van der Waals surface area contributed by atoms with E-state index in [0.717, 1.165) is 77.8 Å². The molecule has 70 heavy (non-hydrogen) atoms. The third-order valence-electron chi connectivity index (χ3n) is 13.4. The highest BCUT2D eigenvalue weighted by Gasteiger charge is 2.26. The maximum Gasteiger partial charge on any atom is 0.269 e. The number of non-ortho nitro benzene ring substituents is 2. The van der Waals surface area contributed by atoms with Gasteiger partial charge in [0.25, 0.3) is 11.4 Å². The Kier molecular flexibility index (Phi) is 11.5. The summed E-state index contributed by atoms with van der Waals surface area (Å²) in [6, 6.07) is 37.4. The van der Waals surface area contributed by atoms with Crippen molar-refractivity contribution in [1.29, 1.82) is 0 Å². The fourth-order valence-corrected chi connectivity index (χ4v) is 9.23. The monoisotopic (exact) mass is 928 g/mol. The molecule has 0 atom stereocenters. The second-order valence-electron chi connectivity index (χ2n) is 22.7. The minimum Gasteiger partial charge on any atom is -0.354 e. The van der Waals surface area contributed by atoms with E-state index in [4.69, 9.17) is 9.98 Å². The van der Waals surface area contributed by atoms with Crippen molar-refractivity contribution in [3.63, 3.8) is 0 Å². The molecule has 10 heteroatoms. The van der Waals surface area contributed by atoms with Crippen molar-refractivity contribution in [3.8, 4) is 44.5 Å². The zero-order valence-corrected chi connectivity index (χ0v) is 42.1. The van der Waals surface area contributed by atoms with E-state index >= 15 is 0 Å². The number of nitro benzene ring substituents is 2. The Balaban J connectivity index is 1.50. The molecule has 2 N–H and O–H groups in total. The summed E-state index contributed by atoms with van der Waals surface area (Å²) in [5.74, 6) is 0. The van der Waals surface area contributed by atoms with Crippen molar-refractivity contribution in [1.82, 2.24) is 15.0 Å². The normalized spacial score (nSPS) is 13.0. The Morgan fingerprint density at radius 2 is 0.757 bits per heavy atom. The van der Waals surface area contributed by atoms with Crippen LogP contribution in [0, 0.1) is 20.2 Å². The van der Waals surface area contributed by atoms with Crippen LogP contribution in [0.2, 0.25) is 0 Å². The Morgan fingerprint density at radius 3 is 1.11 bits per heavy atom. The van der Waals surface area contributed by atoms with Crippen LogP contribution in [0.4, 0.5) is 17.1 Å². The molecule has 2 aliphatic rings. The molecule has 9 rings (SSSR count). The molecule has 354 valence electrons. The summed E-state index contributed by atoms with van der Waals surface area (Å²) in [6.45, 7) is 27.0. The van der Waals surface area contributed by atoms with Crippen molar-refractivity contribution >= 4 is 57.5 Å². The topological polar surface area (TPSA) is 143 Å². The van der Waals surface area contributed by atoms with Crippen LogP contribution in [0.25, 0.3) is 78.7 Å². The average Bonchev–Trinajstić information content (AvgIpc) is 4.14. The van der Waals surface area contributed by atoms with Crippen LogP contribution < -0.4 is 0 Å². The second kappa shape index (κ2) is 17.1. The molecule has 8 bridgehead atoms. The van der Waals surface area contributed by atoms with Gasteiger partial charge < -0.3 is 9.97 Å². The number of aromatic amines is 2. The second-order valence-corrected chi connectivity index (χ2v) is 22.7. The van der Waals surface area contributed by atoms with E-state index in [9.17, 15) is 20.2 Å². The number of rotatable bonds is 6. The highest BCUT2D eigenvalue weighted by molar-refractivity contribution is 6.05. The highest BCUT2D eigenvalue weighted by atomic mass is 16.6. The van der Waals surface area contributed by atoms with E-state index in [1.165, 1.54) is 46.5 Å². The van der Waals surface area contributed by atoms with E-state index in [1.807, 2.05) is 24.4 Å². The largest absolute Gasteiger partial charge is 0.354 e. The molecule has 0 saturated heterocycles. The summed E-state index contributed by atoms with van der Waals surface area (Å²) in [5.41, 5.74) is 17.4. The first-order chi connectivity index (χ1) is 32.8. The lowest BCUT2D eigenvalue weighted by Crippen LogP contribution is -2.16. The van der Waals surface area contributed by atoms with Crippen LogP contribution in [0.1, 0.15) is 122 Å². The lowest BCUT2D eigenvalue weighted by Gasteiger charge is -2.26. The van der Waals surface area contributed by atoms with Gasteiger partial charge in [-0.2, -0.15) is 0 Å². The minimum atomic E-state index is -0.400. The SMILES string of the molecule is CC(C)(C)c1cc(-c2c3cc(c(-c4cc(C(C)(C)C)cc(C(C)(C)C)c4)c4ccc([nH]4)c(-c4ccc([N+](=O)[O-])cc4)c4nc(c(-c5ccc([N+](=O)[O-])cc5)c5ccc2[nH]5)C=C4)N=C3)cc(C(C)(C)C)c1. The summed E-state index contributed by atoms with van der Waals surface area (Å²) in [5, 5.41) is 23.7. The van der Waals surface area contributed by atoms with Gasteiger partial charge in [0.2, 0.25) is 0 Å². The van der Waals surface area contributed by atoms with Gasteiger partial charge in [-0.25, -0.2) is 4.98 Å². The molecule has 2 aliphatic heterocycles. The molecule has 4 aromatic carbocycles. The molecule has 0 saturated carbocycles. The summed E-state index contributed by atoms with van der Waals surface area (Å²) in [6.07, 6.45) is 5.90. The quantitative estimate of drug-likeness (QED) is 0.126. The van der Waals surface area contributed by atoms with Crippen LogP contribution in [-0.4, -0.2) is 31.0 Å². The predicted molar refractivity (Wildman–Crippen MR) is 289 cm³/mol. The van der Waals surface area contributed by atoms with Crippen molar-refractivity contribution in [2.75, 3.05) is 0 Å². The predicted octanol–water partition coefficient (Wildman–Crippen LogP) is 16.5. The molecule has 0 unspecified atom stereocenters. The van der Waals surface area contributed by atoms with E-state index in [1.54, 1.807) is 24.3 Å². The number of hydrogen-bond donors (Lipinski definition) is 2. The molecular formula is C60H60N6O4. The highest BCUT2D eigenvalue weighted by Crippen LogP contribution is 2.44. The lowest BCUT2D eigenvalue weighted by molar-refractivity contribution is -0.385. The minimum absolute atomic E-state index is 0.0170. The summed E-state index contributed by atoms with van der Waals surface area (Å²) in [4.78, 5) is 41.3. The molecular weight excluding hydrogens is 869 g/mol. The Labute approximate surface area is 409 Å². The van der Waals surface area contributed by atoms with Crippen LogP contribution in [-0.2, 0) is 21.7 Å². The van der Waals surface area contributed by atoms with E-state index in [2.05, 4.69) is 154 Å². The Morgan fingerprint density at radius 1 is 0.414 bits per heavy atom. The smallest absolute Gasteiger partial charge is 0.269 e. The van der Waals surface area contributed by atoms with Crippen LogP contribution in [0.15, 0.2) is 120 Å². The summed E-state index contributed by atoms with van der Waals surface area (Å²) in [7, 11) is 0. The molecule has 5 heterocycles. The molecule has 0 aliphatic carbocycles. The van der Waals surface area contributed by atoms with Gasteiger partial charge in [0, 0.05) is 80.4 Å². The molecule has 3 aromatic heterocycles. The maximum atomic E-state index is 11.9. The first-order valence-electron chi connectivity index (χ1n) is 23.8. The van der Waals surface area contributed by atoms with Crippen LogP contribution in [0.3, 0.4) is 0 Å². The van der Waals surface area contributed by atoms with Gasteiger partial charge in [-0.1, -0.05) is 119 Å².